The lowest BCUT2D eigenvalue weighted by atomic mass is 10.2. The van der Waals surface area contributed by atoms with Crippen molar-refractivity contribution in [3.63, 3.8) is 0 Å². The van der Waals surface area contributed by atoms with Gasteiger partial charge < -0.3 is 10.6 Å². The van der Waals surface area contributed by atoms with E-state index in [4.69, 9.17) is 5.73 Å². The molecule has 3 nitrogen and oxygen atoms in total. The molecule has 1 aromatic heterocycles. The van der Waals surface area contributed by atoms with E-state index < -0.39 is 0 Å². The molecule has 102 valence electrons. The lowest BCUT2D eigenvalue weighted by Crippen LogP contribution is -2.34. The molecular formula is C14H17FN2OS. The van der Waals surface area contributed by atoms with Crippen molar-refractivity contribution < 1.29 is 9.18 Å². The molecular weight excluding hydrogens is 263 g/mol. The Bertz CT molecular complexity index is 623. The standard InChI is InChI=1S/C14H17FN2OS/c1-4-8(2)17(3)14(18)13-12(16)11-9(15)6-5-7-10(11)19-13/h5-8H,4,16H2,1-3H3. The van der Waals surface area contributed by atoms with Crippen LogP contribution in [0, 0.1) is 5.82 Å². The summed E-state index contributed by atoms with van der Waals surface area (Å²) in [7, 11) is 1.75. The number of fused-ring (bicyclic) bond motifs is 1. The number of nitrogens with two attached hydrogens (primary N) is 1. The van der Waals surface area contributed by atoms with Crippen molar-refractivity contribution in [2.24, 2.45) is 0 Å². The Labute approximate surface area is 115 Å². The predicted molar refractivity (Wildman–Crippen MR) is 78.0 cm³/mol. The van der Waals surface area contributed by atoms with E-state index in [9.17, 15) is 9.18 Å². The predicted octanol–water partition coefficient (Wildman–Crippen LogP) is 3.49. The molecule has 2 aromatic rings. The zero-order valence-electron chi connectivity index (χ0n) is 11.2. The van der Waals surface area contributed by atoms with Gasteiger partial charge in [-0.3, -0.25) is 4.79 Å². The monoisotopic (exact) mass is 280 g/mol. The summed E-state index contributed by atoms with van der Waals surface area (Å²) in [6.45, 7) is 3.99. The van der Waals surface area contributed by atoms with Gasteiger partial charge in [-0.25, -0.2) is 4.39 Å². The molecule has 0 bridgehead atoms. The summed E-state index contributed by atoms with van der Waals surface area (Å²) >= 11 is 1.25. The molecule has 0 fully saturated rings. The highest BCUT2D eigenvalue weighted by molar-refractivity contribution is 7.21. The second kappa shape index (κ2) is 5.17. The van der Waals surface area contributed by atoms with E-state index in [-0.39, 0.29) is 23.5 Å². The Kier molecular flexibility index (Phi) is 3.75. The van der Waals surface area contributed by atoms with Gasteiger partial charge in [0.2, 0.25) is 0 Å². The maximum absolute atomic E-state index is 13.8. The summed E-state index contributed by atoms with van der Waals surface area (Å²) in [5.74, 6) is -0.524. The van der Waals surface area contributed by atoms with Gasteiger partial charge in [0, 0.05) is 17.8 Å². The van der Waals surface area contributed by atoms with Crippen LogP contribution in [0.3, 0.4) is 0 Å². The van der Waals surface area contributed by atoms with Crippen LogP contribution in [0.2, 0.25) is 0 Å². The fourth-order valence-electron chi connectivity index (χ4n) is 1.92. The van der Waals surface area contributed by atoms with E-state index in [1.807, 2.05) is 13.8 Å². The first-order chi connectivity index (χ1) is 8.97. The fourth-order valence-corrected chi connectivity index (χ4v) is 3.04. The van der Waals surface area contributed by atoms with Crippen LogP contribution in [-0.4, -0.2) is 23.9 Å². The van der Waals surface area contributed by atoms with Crippen molar-refractivity contribution in [3.05, 3.63) is 28.9 Å². The van der Waals surface area contributed by atoms with E-state index in [2.05, 4.69) is 0 Å². The number of nitrogens with zero attached hydrogens (tertiary/aromatic N) is 1. The number of carbonyl (C=O) groups excluding carboxylic acids is 1. The third-order valence-corrected chi connectivity index (χ3v) is 4.63. The second-order valence-electron chi connectivity index (χ2n) is 4.63. The van der Waals surface area contributed by atoms with E-state index in [0.717, 1.165) is 6.42 Å². The smallest absolute Gasteiger partial charge is 0.266 e. The van der Waals surface area contributed by atoms with Gasteiger partial charge in [0.25, 0.3) is 5.91 Å². The molecule has 2 N–H and O–H groups in total. The summed E-state index contributed by atoms with van der Waals surface area (Å²) in [5.41, 5.74) is 6.19. The first-order valence-electron chi connectivity index (χ1n) is 6.21. The van der Waals surface area contributed by atoms with E-state index >= 15 is 0 Å². The molecule has 5 heteroatoms. The van der Waals surface area contributed by atoms with E-state index in [1.54, 1.807) is 24.1 Å². The summed E-state index contributed by atoms with van der Waals surface area (Å²) in [6.07, 6.45) is 0.863. The van der Waals surface area contributed by atoms with Crippen LogP contribution in [0.4, 0.5) is 10.1 Å². The lowest BCUT2D eigenvalue weighted by molar-refractivity contribution is 0.0746. The summed E-state index contributed by atoms with van der Waals surface area (Å²) < 4.78 is 14.5. The Morgan fingerprint density at radius 2 is 2.21 bits per heavy atom. The number of hydrogen-bond donors (Lipinski definition) is 1. The fraction of sp³-hybridized carbons (Fsp3) is 0.357. The van der Waals surface area contributed by atoms with Gasteiger partial charge in [-0.2, -0.15) is 0 Å². The van der Waals surface area contributed by atoms with Crippen LogP contribution in [0.15, 0.2) is 18.2 Å². The summed E-state index contributed by atoms with van der Waals surface area (Å²) in [5, 5.41) is 0.355. The Morgan fingerprint density at radius 1 is 1.53 bits per heavy atom. The van der Waals surface area contributed by atoms with Crippen LogP contribution in [0.1, 0.15) is 29.9 Å². The molecule has 1 atom stereocenters. The van der Waals surface area contributed by atoms with Crippen LogP contribution >= 0.6 is 11.3 Å². The minimum Gasteiger partial charge on any atom is -0.397 e. The third kappa shape index (κ3) is 2.30. The van der Waals surface area contributed by atoms with Gasteiger partial charge in [-0.1, -0.05) is 13.0 Å². The number of hydrogen-bond acceptors (Lipinski definition) is 3. The van der Waals surface area contributed by atoms with E-state index in [0.29, 0.717) is 15.0 Å². The van der Waals surface area contributed by atoms with Crippen LogP contribution < -0.4 is 5.73 Å². The molecule has 1 amide bonds. The number of rotatable bonds is 3. The Morgan fingerprint density at radius 3 is 2.79 bits per heavy atom. The highest BCUT2D eigenvalue weighted by Gasteiger charge is 2.23. The minimum absolute atomic E-state index is 0.127. The molecule has 0 saturated heterocycles. The molecule has 1 aromatic carbocycles. The van der Waals surface area contributed by atoms with E-state index in [1.165, 1.54) is 17.4 Å². The molecule has 0 aliphatic heterocycles. The van der Waals surface area contributed by atoms with Gasteiger partial charge >= 0.3 is 0 Å². The first-order valence-corrected chi connectivity index (χ1v) is 7.02. The molecule has 0 saturated carbocycles. The molecule has 19 heavy (non-hydrogen) atoms. The quantitative estimate of drug-likeness (QED) is 0.935. The zero-order valence-corrected chi connectivity index (χ0v) is 12.1. The minimum atomic E-state index is -0.378. The largest absolute Gasteiger partial charge is 0.397 e. The number of thiophene rings is 1. The maximum atomic E-state index is 13.8. The Hall–Kier alpha value is -1.62. The van der Waals surface area contributed by atoms with Gasteiger partial charge in [0.15, 0.2) is 0 Å². The molecule has 2 rings (SSSR count). The van der Waals surface area contributed by atoms with Crippen molar-refractivity contribution >= 4 is 33.0 Å². The average molecular weight is 280 g/mol. The molecule has 0 radical (unpaired) electrons. The highest BCUT2D eigenvalue weighted by Crippen LogP contribution is 2.36. The number of nitrogen functional groups attached to an aromatic ring is 1. The van der Waals surface area contributed by atoms with Gasteiger partial charge in [-0.05, 0) is 25.5 Å². The van der Waals surface area contributed by atoms with Crippen molar-refractivity contribution in [2.75, 3.05) is 12.8 Å². The van der Waals surface area contributed by atoms with Gasteiger partial charge in [-0.15, -0.1) is 11.3 Å². The molecule has 0 spiro atoms. The topological polar surface area (TPSA) is 46.3 Å². The number of benzene rings is 1. The maximum Gasteiger partial charge on any atom is 0.266 e. The summed E-state index contributed by atoms with van der Waals surface area (Å²) in [4.78, 5) is 14.5. The van der Waals surface area contributed by atoms with Crippen LogP contribution in [-0.2, 0) is 0 Å². The van der Waals surface area contributed by atoms with Crippen molar-refractivity contribution in [1.82, 2.24) is 4.90 Å². The SMILES string of the molecule is CCC(C)N(C)C(=O)c1sc2cccc(F)c2c1N. The zero-order chi connectivity index (χ0) is 14.2. The molecule has 1 unspecified atom stereocenters. The Balaban J connectivity index is 2.49. The van der Waals surface area contributed by atoms with Crippen LogP contribution in [0.25, 0.3) is 10.1 Å². The third-order valence-electron chi connectivity index (χ3n) is 3.47. The average Bonchev–Trinajstić information content (AvgIpc) is 2.74. The lowest BCUT2D eigenvalue weighted by Gasteiger charge is -2.23. The van der Waals surface area contributed by atoms with Crippen molar-refractivity contribution in [2.45, 2.75) is 26.3 Å². The number of carbonyl (C=O) groups is 1. The van der Waals surface area contributed by atoms with Crippen molar-refractivity contribution in [1.29, 1.82) is 0 Å². The number of amides is 1. The van der Waals surface area contributed by atoms with Gasteiger partial charge in [0.1, 0.15) is 10.7 Å². The summed E-state index contributed by atoms with van der Waals surface area (Å²) in [6, 6.07) is 4.89. The number of anilines is 1. The number of halogens is 1. The molecule has 1 heterocycles. The first kappa shape index (κ1) is 13.8. The molecule has 0 aliphatic rings. The second-order valence-corrected chi connectivity index (χ2v) is 5.68. The van der Waals surface area contributed by atoms with Gasteiger partial charge in [0.05, 0.1) is 11.1 Å². The highest BCUT2D eigenvalue weighted by atomic mass is 32.1. The molecule has 0 aliphatic carbocycles. The van der Waals surface area contributed by atoms with Crippen LogP contribution in [0.5, 0.6) is 0 Å². The van der Waals surface area contributed by atoms with Crippen molar-refractivity contribution in [3.8, 4) is 0 Å². The normalized spacial score (nSPS) is 12.6.